The Morgan fingerprint density at radius 2 is 2.08 bits per heavy atom. The second-order valence-electron chi connectivity index (χ2n) is 5.18. The Balaban J connectivity index is 1.86. The Morgan fingerprint density at radius 1 is 1.27 bits per heavy atom. The Kier molecular flexibility index (Phi) is 5.72. The van der Waals surface area contributed by atoms with E-state index in [1.54, 1.807) is 48.5 Å². The van der Waals surface area contributed by atoms with Gasteiger partial charge in [0.15, 0.2) is 0 Å². The zero-order valence-corrected chi connectivity index (χ0v) is 16.4. The molecule has 1 aliphatic rings. The fourth-order valence-corrected chi connectivity index (χ4v) is 3.84. The lowest BCUT2D eigenvalue weighted by molar-refractivity contribution is -0.113. The van der Waals surface area contributed by atoms with Gasteiger partial charge in [0, 0.05) is 5.02 Å². The van der Waals surface area contributed by atoms with E-state index in [9.17, 15) is 9.59 Å². The van der Waals surface area contributed by atoms with Gasteiger partial charge in [-0.25, -0.2) is 4.90 Å². The van der Waals surface area contributed by atoms with Crippen LogP contribution in [0.15, 0.2) is 51.8 Å². The van der Waals surface area contributed by atoms with Crippen molar-refractivity contribution in [3.05, 3.63) is 62.4 Å². The summed E-state index contributed by atoms with van der Waals surface area (Å²) in [5.74, 6) is 2.62. The molecule has 4 nitrogen and oxygen atoms in total. The number of imide groups is 1. The number of nitrogens with zero attached hydrogens (tertiary/aromatic N) is 1. The molecule has 1 fully saturated rings. The number of benzene rings is 2. The molecule has 1 aliphatic heterocycles. The topological polar surface area (TPSA) is 46.6 Å². The second-order valence-corrected chi connectivity index (χ2v) is 7.46. The monoisotopic (exact) mass is 447 g/mol. The van der Waals surface area contributed by atoms with Gasteiger partial charge in [0.05, 0.1) is 15.1 Å². The zero-order chi connectivity index (χ0) is 18.7. The molecule has 2 aromatic rings. The van der Waals surface area contributed by atoms with Gasteiger partial charge in [-0.2, -0.15) is 0 Å². The highest BCUT2D eigenvalue weighted by atomic mass is 79.9. The molecule has 1 saturated heterocycles. The van der Waals surface area contributed by atoms with Crippen molar-refractivity contribution in [1.29, 1.82) is 0 Å². The van der Waals surface area contributed by atoms with Crippen molar-refractivity contribution in [3.63, 3.8) is 0 Å². The number of rotatable bonds is 4. The third kappa shape index (κ3) is 3.96. The first-order chi connectivity index (χ1) is 12.5. The van der Waals surface area contributed by atoms with Crippen LogP contribution < -0.4 is 9.64 Å². The van der Waals surface area contributed by atoms with Crippen LogP contribution in [-0.2, 0) is 4.79 Å². The van der Waals surface area contributed by atoms with Crippen molar-refractivity contribution in [2.24, 2.45) is 0 Å². The lowest BCUT2D eigenvalue weighted by atomic mass is 10.2. The number of halogens is 2. The van der Waals surface area contributed by atoms with Gasteiger partial charge in [-0.3, -0.25) is 9.59 Å². The van der Waals surface area contributed by atoms with Gasteiger partial charge in [0.25, 0.3) is 11.1 Å². The van der Waals surface area contributed by atoms with Gasteiger partial charge in [-0.15, -0.1) is 6.42 Å². The standard InChI is InChI=1S/C19H11BrClNO3S/c1-2-8-25-16-7-6-12(9-15(16)20)10-17-18(23)22(19(24)26-17)14-5-3-4-13(21)11-14/h1,3-7,9-11H,8H2/b17-10+. The number of hydrogen-bond donors (Lipinski definition) is 0. The highest BCUT2D eigenvalue weighted by Gasteiger charge is 2.36. The zero-order valence-electron chi connectivity index (χ0n) is 13.2. The highest BCUT2D eigenvalue weighted by Crippen LogP contribution is 2.37. The van der Waals surface area contributed by atoms with Crippen LogP contribution in [0.2, 0.25) is 5.02 Å². The Bertz CT molecular complexity index is 967. The number of anilines is 1. The first-order valence-electron chi connectivity index (χ1n) is 7.39. The average molecular weight is 449 g/mol. The molecule has 0 saturated carbocycles. The van der Waals surface area contributed by atoms with E-state index < -0.39 is 0 Å². The summed E-state index contributed by atoms with van der Waals surface area (Å²) in [6, 6.07) is 11.9. The van der Waals surface area contributed by atoms with Crippen LogP contribution in [0.5, 0.6) is 5.75 Å². The normalized spacial score (nSPS) is 15.4. The minimum atomic E-state index is -0.383. The Labute approximate surface area is 168 Å². The molecule has 1 heterocycles. The van der Waals surface area contributed by atoms with Gasteiger partial charge in [-0.05, 0) is 69.7 Å². The molecule has 0 unspecified atom stereocenters. The maximum Gasteiger partial charge on any atom is 0.298 e. The summed E-state index contributed by atoms with van der Waals surface area (Å²) in [7, 11) is 0. The molecule has 2 aromatic carbocycles. The molecule has 0 aromatic heterocycles. The van der Waals surface area contributed by atoms with E-state index in [-0.39, 0.29) is 17.8 Å². The van der Waals surface area contributed by atoms with Gasteiger partial charge in [-0.1, -0.05) is 29.7 Å². The summed E-state index contributed by atoms with van der Waals surface area (Å²) in [4.78, 5) is 26.4. The van der Waals surface area contributed by atoms with Crippen molar-refractivity contribution >= 4 is 62.2 Å². The van der Waals surface area contributed by atoms with Crippen molar-refractivity contribution in [1.82, 2.24) is 0 Å². The van der Waals surface area contributed by atoms with Gasteiger partial charge >= 0.3 is 0 Å². The van der Waals surface area contributed by atoms with Crippen molar-refractivity contribution < 1.29 is 14.3 Å². The summed E-state index contributed by atoms with van der Waals surface area (Å²) >= 11 is 10.2. The molecule has 0 aliphatic carbocycles. The molecule has 0 N–H and O–H groups in total. The molecular weight excluding hydrogens is 438 g/mol. The number of carbonyl (C=O) groups excluding carboxylic acids is 2. The molecule has 0 atom stereocenters. The molecule has 3 rings (SSSR count). The minimum Gasteiger partial charge on any atom is -0.480 e. The Morgan fingerprint density at radius 3 is 2.77 bits per heavy atom. The number of amides is 2. The minimum absolute atomic E-state index is 0.163. The molecule has 0 spiro atoms. The number of hydrogen-bond acceptors (Lipinski definition) is 4. The first-order valence-corrected chi connectivity index (χ1v) is 9.37. The maximum atomic E-state index is 12.6. The molecule has 130 valence electrons. The molecule has 26 heavy (non-hydrogen) atoms. The quantitative estimate of drug-likeness (QED) is 0.467. The van der Waals surface area contributed by atoms with Gasteiger partial charge in [0.1, 0.15) is 12.4 Å². The average Bonchev–Trinajstić information content (AvgIpc) is 2.88. The third-order valence-corrected chi connectivity index (χ3v) is 5.15. The van der Waals surface area contributed by atoms with E-state index >= 15 is 0 Å². The van der Waals surface area contributed by atoms with Crippen LogP contribution >= 0.6 is 39.3 Å². The van der Waals surface area contributed by atoms with Gasteiger partial charge < -0.3 is 4.74 Å². The Hall–Kier alpha value is -2.20. The second kappa shape index (κ2) is 8.00. The largest absolute Gasteiger partial charge is 0.480 e. The SMILES string of the molecule is C#CCOc1ccc(/C=C2/SC(=O)N(c3cccc(Cl)c3)C2=O)cc1Br. The molecular formula is C19H11BrClNO3S. The van der Waals surface area contributed by atoms with Crippen molar-refractivity contribution in [2.75, 3.05) is 11.5 Å². The predicted molar refractivity (Wildman–Crippen MR) is 108 cm³/mol. The van der Waals surface area contributed by atoms with E-state index in [0.717, 1.165) is 22.2 Å². The molecule has 2 amide bonds. The summed E-state index contributed by atoms with van der Waals surface area (Å²) in [5, 5.41) is 0.0913. The number of ether oxygens (including phenoxy) is 1. The summed E-state index contributed by atoms with van der Waals surface area (Å²) < 4.78 is 6.09. The van der Waals surface area contributed by atoms with Crippen LogP contribution in [0.4, 0.5) is 10.5 Å². The van der Waals surface area contributed by atoms with Crippen LogP contribution in [0.1, 0.15) is 5.56 Å². The van der Waals surface area contributed by atoms with Crippen molar-refractivity contribution in [3.8, 4) is 18.1 Å². The fraction of sp³-hybridized carbons (Fsp3) is 0.0526. The molecule has 7 heteroatoms. The van der Waals surface area contributed by atoms with E-state index in [1.807, 2.05) is 0 Å². The fourth-order valence-electron chi connectivity index (χ4n) is 2.30. The van der Waals surface area contributed by atoms with Crippen LogP contribution in [0, 0.1) is 12.3 Å². The lowest BCUT2D eigenvalue weighted by Gasteiger charge is -2.12. The number of terminal acetylenes is 1. The summed E-state index contributed by atoms with van der Waals surface area (Å²) in [5.41, 5.74) is 1.20. The first kappa shape index (κ1) is 18.6. The molecule has 0 radical (unpaired) electrons. The number of carbonyl (C=O) groups is 2. The van der Waals surface area contributed by atoms with E-state index in [4.69, 9.17) is 22.8 Å². The van der Waals surface area contributed by atoms with Crippen molar-refractivity contribution in [2.45, 2.75) is 0 Å². The summed E-state index contributed by atoms with van der Waals surface area (Å²) in [6.07, 6.45) is 6.84. The number of thioether (sulfide) groups is 1. The van der Waals surface area contributed by atoms with E-state index in [2.05, 4.69) is 21.9 Å². The summed E-state index contributed by atoms with van der Waals surface area (Å²) in [6.45, 7) is 0.163. The van der Waals surface area contributed by atoms with Crippen LogP contribution in [-0.4, -0.2) is 17.8 Å². The van der Waals surface area contributed by atoms with Crippen LogP contribution in [0.25, 0.3) is 6.08 Å². The maximum absolute atomic E-state index is 12.6. The lowest BCUT2D eigenvalue weighted by Crippen LogP contribution is -2.27. The smallest absolute Gasteiger partial charge is 0.298 e. The van der Waals surface area contributed by atoms with Gasteiger partial charge in [0.2, 0.25) is 0 Å². The van der Waals surface area contributed by atoms with Crippen LogP contribution in [0.3, 0.4) is 0 Å². The predicted octanol–water partition coefficient (Wildman–Crippen LogP) is 5.36. The van der Waals surface area contributed by atoms with E-state index in [0.29, 0.717) is 25.8 Å². The molecule has 0 bridgehead atoms. The highest BCUT2D eigenvalue weighted by molar-refractivity contribution is 9.10. The third-order valence-electron chi connectivity index (χ3n) is 3.42. The van der Waals surface area contributed by atoms with E-state index in [1.165, 1.54) is 0 Å².